The molecule has 0 rings (SSSR count). The minimum Gasteiger partial charge on any atom is -0.362 e. The molecule has 0 amide bonds. The molecule has 0 aliphatic carbocycles. The van der Waals surface area contributed by atoms with Crippen molar-refractivity contribution < 1.29 is 0 Å². The average Bonchev–Trinajstić information content (AvgIpc) is 2.19. The van der Waals surface area contributed by atoms with Gasteiger partial charge in [0.25, 0.3) is 0 Å². The highest BCUT2D eigenvalue weighted by Crippen LogP contribution is 2.02. The van der Waals surface area contributed by atoms with Crippen LogP contribution in [0.5, 0.6) is 0 Å². The number of hydrogen-bond donors (Lipinski definition) is 1. The Balaban J connectivity index is 0. The maximum Gasteiger partial charge on any atom is 0.0405 e. The Bertz CT molecular complexity index is 197. The van der Waals surface area contributed by atoms with Gasteiger partial charge in [0.1, 0.15) is 0 Å². The van der Waals surface area contributed by atoms with Gasteiger partial charge in [-0.2, -0.15) is 0 Å². The molecule has 74 valence electrons. The summed E-state index contributed by atoms with van der Waals surface area (Å²) in [5, 5.41) is 3.02. The van der Waals surface area contributed by atoms with Crippen molar-refractivity contribution in [3.8, 4) is 0 Å². The molecule has 0 heterocycles. The zero-order valence-corrected chi connectivity index (χ0v) is 9.22. The van der Waals surface area contributed by atoms with E-state index < -0.39 is 0 Å². The van der Waals surface area contributed by atoms with Crippen molar-refractivity contribution in [1.29, 1.82) is 0 Å². The van der Waals surface area contributed by atoms with Crippen molar-refractivity contribution in [2.45, 2.75) is 27.7 Å². The molecule has 13 heavy (non-hydrogen) atoms. The highest BCUT2D eigenvalue weighted by Gasteiger charge is 1.90. The normalized spacial score (nSPS) is 11.1. The molecule has 1 heteroatoms. The first-order chi connectivity index (χ1) is 6.26. The van der Waals surface area contributed by atoms with E-state index in [-0.39, 0.29) is 0 Å². The fourth-order valence-electron chi connectivity index (χ4n) is 0.680. The van der Waals surface area contributed by atoms with Crippen LogP contribution in [-0.4, -0.2) is 0 Å². The van der Waals surface area contributed by atoms with Crippen molar-refractivity contribution in [2.24, 2.45) is 0 Å². The van der Waals surface area contributed by atoms with Crippen LogP contribution in [0.3, 0.4) is 0 Å². The Labute approximate surface area is 82.6 Å². The predicted molar refractivity (Wildman–Crippen MR) is 62.4 cm³/mol. The molecule has 0 bridgehead atoms. The van der Waals surface area contributed by atoms with E-state index >= 15 is 0 Å². The largest absolute Gasteiger partial charge is 0.362 e. The van der Waals surface area contributed by atoms with Crippen molar-refractivity contribution in [3.63, 3.8) is 0 Å². The van der Waals surface area contributed by atoms with Gasteiger partial charge in [0.15, 0.2) is 0 Å². The summed E-state index contributed by atoms with van der Waals surface area (Å²) in [7, 11) is 0. The van der Waals surface area contributed by atoms with Crippen LogP contribution in [0.15, 0.2) is 48.9 Å². The summed E-state index contributed by atoms with van der Waals surface area (Å²) in [4.78, 5) is 0. The summed E-state index contributed by atoms with van der Waals surface area (Å²) in [5.41, 5.74) is 2.15. The molecule has 0 aliphatic heterocycles. The summed E-state index contributed by atoms with van der Waals surface area (Å²) >= 11 is 0. The molecule has 0 spiro atoms. The average molecular weight is 179 g/mol. The third-order valence-corrected chi connectivity index (χ3v) is 1.32. The summed E-state index contributed by atoms with van der Waals surface area (Å²) < 4.78 is 0. The third kappa shape index (κ3) is 7.13. The highest BCUT2D eigenvalue weighted by molar-refractivity contribution is 5.29. The standard InChI is InChI=1S/C10H15N.C2H6/c1-5-8-10(11-7-3)9(4)6-2;1-2/h5-8,11H,2-3H2,1,4H3;1-2H3/b8-5-,10-9+;. The molecule has 0 saturated carbocycles. The molecule has 0 radical (unpaired) electrons. The number of allylic oxidation sites excluding steroid dienone is 4. The zero-order valence-electron chi connectivity index (χ0n) is 9.22. The van der Waals surface area contributed by atoms with Crippen LogP contribution in [0.2, 0.25) is 0 Å². The maximum absolute atomic E-state index is 3.68. The second-order valence-corrected chi connectivity index (χ2v) is 2.15. The van der Waals surface area contributed by atoms with E-state index in [1.54, 1.807) is 6.20 Å². The van der Waals surface area contributed by atoms with Crippen LogP contribution in [0.4, 0.5) is 0 Å². The fourth-order valence-corrected chi connectivity index (χ4v) is 0.680. The Morgan fingerprint density at radius 1 is 1.23 bits per heavy atom. The van der Waals surface area contributed by atoms with E-state index in [1.165, 1.54) is 0 Å². The van der Waals surface area contributed by atoms with Crippen molar-refractivity contribution in [2.75, 3.05) is 0 Å². The number of rotatable bonds is 4. The van der Waals surface area contributed by atoms with Gasteiger partial charge in [-0.3, -0.25) is 0 Å². The maximum atomic E-state index is 3.68. The molecular weight excluding hydrogens is 158 g/mol. The van der Waals surface area contributed by atoms with E-state index in [4.69, 9.17) is 0 Å². The van der Waals surface area contributed by atoms with Gasteiger partial charge in [0.05, 0.1) is 0 Å². The van der Waals surface area contributed by atoms with E-state index in [1.807, 2.05) is 45.9 Å². The molecule has 0 unspecified atom stereocenters. The first-order valence-corrected chi connectivity index (χ1v) is 4.59. The van der Waals surface area contributed by atoms with Crippen molar-refractivity contribution in [3.05, 3.63) is 48.9 Å². The van der Waals surface area contributed by atoms with Gasteiger partial charge < -0.3 is 5.32 Å². The van der Waals surface area contributed by atoms with Crippen LogP contribution in [-0.2, 0) is 0 Å². The summed E-state index contributed by atoms with van der Waals surface area (Å²) in [6.45, 7) is 15.2. The van der Waals surface area contributed by atoms with Gasteiger partial charge in [0.2, 0.25) is 0 Å². The Morgan fingerprint density at radius 2 is 1.77 bits per heavy atom. The molecule has 0 aromatic rings. The van der Waals surface area contributed by atoms with Crippen LogP contribution < -0.4 is 5.32 Å². The molecular formula is C12H21N. The topological polar surface area (TPSA) is 12.0 Å². The first-order valence-electron chi connectivity index (χ1n) is 4.59. The van der Waals surface area contributed by atoms with Gasteiger partial charge >= 0.3 is 0 Å². The minimum absolute atomic E-state index is 1.04. The van der Waals surface area contributed by atoms with E-state index in [9.17, 15) is 0 Å². The molecule has 0 fully saturated rings. The lowest BCUT2D eigenvalue weighted by atomic mass is 10.2. The molecule has 1 N–H and O–H groups in total. The second kappa shape index (κ2) is 10.8. The smallest absolute Gasteiger partial charge is 0.0405 e. The third-order valence-electron chi connectivity index (χ3n) is 1.32. The molecule has 0 saturated heterocycles. The van der Waals surface area contributed by atoms with Gasteiger partial charge in [-0.15, -0.1) is 0 Å². The minimum atomic E-state index is 1.04. The van der Waals surface area contributed by atoms with E-state index in [2.05, 4.69) is 18.5 Å². The van der Waals surface area contributed by atoms with Gasteiger partial charge in [0, 0.05) is 5.70 Å². The Kier molecular flexibility index (Phi) is 11.8. The van der Waals surface area contributed by atoms with Gasteiger partial charge in [-0.1, -0.05) is 39.2 Å². The van der Waals surface area contributed by atoms with Gasteiger partial charge in [-0.25, -0.2) is 0 Å². The summed E-state index contributed by atoms with van der Waals surface area (Å²) in [5.74, 6) is 0. The lowest BCUT2D eigenvalue weighted by molar-refractivity contribution is 1.09. The summed E-state index contributed by atoms with van der Waals surface area (Å²) in [6.07, 6.45) is 7.42. The van der Waals surface area contributed by atoms with Crippen LogP contribution in [0, 0.1) is 0 Å². The van der Waals surface area contributed by atoms with Crippen LogP contribution in [0.1, 0.15) is 27.7 Å². The quantitative estimate of drug-likeness (QED) is 0.647. The van der Waals surface area contributed by atoms with E-state index in [0.717, 1.165) is 11.3 Å². The fraction of sp³-hybridized carbons (Fsp3) is 0.333. The van der Waals surface area contributed by atoms with Crippen molar-refractivity contribution in [1.82, 2.24) is 5.32 Å². The Hall–Kier alpha value is -1.24. The lowest BCUT2D eigenvalue weighted by Gasteiger charge is -2.03. The molecule has 0 aliphatic rings. The van der Waals surface area contributed by atoms with Crippen molar-refractivity contribution >= 4 is 0 Å². The monoisotopic (exact) mass is 179 g/mol. The number of hydrogen-bond acceptors (Lipinski definition) is 1. The lowest BCUT2D eigenvalue weighted by Crippen LogP contribution is -2.03. The van der Waals surface area contributed by atoms with E-state index in [0.29, 0.717) is 0 Å². The summed E-state index contributed by atoms with van der Waals surface area (Å²) in [6, 6.07) is 0. The molecule has 0 atom stereocenters. The molecule has 0 aromatic carbocycles. The predicted octanol–water partition coefficient (Wildman–Crippen LogP) is 3.78. The second-order valence-electron chi connectivity index (χ2n) is 2.15. The Morgan fingerprint density at radius 3 is 2.08 bits per heavy atom. The SMILES string of the molecule is C=CNC(/C=C\C)=C(\C)C=C.CC. The zero-order chi connectivity index (χ0) is 10.7. The molecule has 0 aromatic heterocycles. The highest BCUT2D eigenvalue weighted by atomic mass is 14.8. The first kappa shape index (κ1) is 14.3. The van der Waals surface area contributed by atoms with Crippen LogP contribution in [0.25, 0.3) is 0 Å². The molecule has 1 nitrogen and oxygen atoms in total. The van der Waals surface area contributed by atoms with Gasteiger partial charge in [-0.05, 0) is 31.7 Å². The van der Waals surface area contributed by atoms with Crippen LogP contribution >= 0.6 is 0 Å². The number of nitrogens with one attached hydrogen (secondary N) is 1.